The number of carbonyl (C=O) groups is 2. The number of sulfonamides is 1. The number of pyridine rings is 1. The van der Waals surface area contributed by atoms with E-state index in [1.165, 1.54) is 41.3 Å². The predicted octanol–water partition coefficient (Wildman–Crippen LogP) is 5.37. The summed E-state index contributed by atoms with van der Waals surface area (Å²) in [6.07, 6.45) is 3.56. The number of ether oxygens (including phenoxy) is 2. The van der Waals surface area contributed by atoms with Gasteiger partial charge in [-0.1, -0.05) is 48.5 Å². The second kappa shape index (κ2) is 16.4. The summed E-state index contributed by atoms with van der Waals surface area (Å²) in [6.45, 7) is -0.0855. The van der Waals surface area contributed by atoms with Crippen LogP contribution in [0.1, 0.15) is 16.7 Å². The molecule has 5 rings (SSSR count). The molecule has 0 bridgehead atoms. The monoisotopic (exact) mass is 682 g/mol. The summed E-state index contributed by atoms with van der Waals surface area (Å²) in [5.41, 5.74) is 2.65. The van der Waals surface area contributed by atoms with E-state index in [2.05, 4.69) is 15.0 Å². The zero-order valence-electron chi connectivity index (χ0n) is 26.7. The van der Waals surface area contributed by atoms with Crippen molar-refractivity contribution in [3.05, 3.63) is 150 Å². The molecule has 252 valence electrons. The lowest BCUT2D eigenvalue weighted by molar-refractivity contribution is -0.142. The number of anilines is 1. The van der Waals surface area contributed by atoms with Crippen LogP contribution in [0.5, 0.6) is 11.5 Å². The number of hydrogen-bond donors (Lipinski definition) is 2. The minimum absolute atomic E-state index is 0.0511. The van der Waals surface area contributed by atoms with Crippen molar-refractivity contribution in [3.8, 4) is 11.5 Å². The van der Waals surface area contributed by atoms with Gasteiger partial charge in [-0.2, -0.15) is 0 Å². The zero-order valence-corrected chi connectivity index (χ0v) is 27.5. The number of nitrogens with zero attached hydrogens (tertiary/aromatic N) is 2. The summed E-state index contributed by atoms with van der Waals surface area (Å²) in [7, 11) is -2.40. The van der Waals surface area contributed by atoms with E-state index >= 15 is 0 Å². The molecule has 1 heterocycles. The van der Waals surface area contributed by atoms with Gasteiger partial charge in [-0.25, -0.2) is 12.8 Å². The molecule has 0 unspecified atom stereocenters. The highest BCUT2D eigenvalue weighted by Gasteiger charge is 2.31. The second-order valence-electron chi connectivity index (χ2n) is 11.0. The van der Waals surface area contributed by atoms with Crippen LogP contribution in [0.3, 0.4) is 0 Å². The van der Waals surface area contributed by atoms with Crippen LogP contribution >= 0.6 is 0 Å². The summed E-state index contributed by atoms with van der Waals surface area (Å²) in [4.78, 5) is 33.3. The van der Waals surface area contributed by atoms with E-state index in [0.717, 1.165) is 28.8 Å². The zero-order chi connectivity index (χ0) is 34.6. The fourth-order valence-corrected chi connectivity index (χ4v) is 6.02. The van der Waals surface area contributed by atoms with Gasteiger partial charge >= 0.3 is 0 Å². The Kier molecular flexibility index (Phi) is 11.6. The molecule has 0 saturated heterocycles. The van der Waals surface area contributed by atoms with Crippen molar-refractivity contribution in [1.82, 2.24) is 15.2 Å². The number of benzene rings is 4. The number of aromatic nitrogens is 1. The Bertz CT molecular complexity index is 1930. The number of rotatable bonds is 15. The highest BCUT2D eigenvalue weighted by Crippen LogP contribution is 2.21. The van der Waals surface area contributed by atoms with Crippen LogP contribution in [0.2, 0.25) is 0 Å². The molecule has 2 amide bonds. The number of methoxy groups -OCH3 is 1. The first kappa shape index (κ1) is 34.6. The normalized spacial score (nSPS) is 11.6. The average molecular weight is 683 g/mol. The molecule has 0 saturated carbocycles. The first-order valence-corrected chi connectivity index (χ1v) is 16.8. The first-order valence-electron chi connectivity index (χ1n) is 15.3. The fraction of sp³-hybridized carbons (Fsp3) is 0.162. The van der Waals surface area contributed by atoms with E-state index in [1.54, 1.807) is 37.7 Å². The molecule has 1 atom stereocenters. The van der Waals surface area contributed by atoms with Crippen molar-refractivity contribution in [3.63, 3.8) is 0 Å². The molecule has 49 heavy (non-hydrogen) atoms. The van der Waals surface area contributed by atoms with Gasteiger partial charge in [-0.05, 0) is 83.4 Å². The van der Waals surface area contributed by atoms with E-state index in [0.29, 0.717) is 5.75 Å². The molecule has 4 aromatic carbocycles. The van der Waals surface area contributed by atoms with Crippen LogP contribution in [0.15, 0.2) is 133 Å². The molecule has 0 spiro atoms. The van der Waals surface area contributed by atoms with E-state index < -0.39 is 34.4 Å². The fourth-order valence-electron chi connectivity index (χ4n) is 4.97. The Balaban J connectivity index is 1.35. The highest BCUT2D eigenvalue weighted by atomic mass is 32.2. The van der Waals surface area contributed by atoms with Crippen molar-refractivity contribution >= 4 is 27.5 Å². The van der Waals surface area contributed by atoms with Gasteiger partial charge in [0.1, 0.15) is 23.4 Å². The van der Waals surface area contributed by atoms with Gasteiger partial charge in [0.05, 0.1) is 12.0 Å². The molecule has 0 aliphatic heterocycles. The third-order valence-corrected chi connectivity index (χ3v) is 8.96. The smallest absolute Gasteiger partial charge is 0.261 e. The van der Waals surface area contributed by atoms with Gasteiger partial charge in [0, 0.05) is 37.6 Å². The van der Waals surface area contributed by atoms with Gasteiger partial charge in [-0.3, -0.25) is 19.3 Å². The van der Waals surface area contributed by atoms with Crippen LogP contribution in [-0.2, 0) is 39.1 Å². The number of hydrogen-bond acceptors (Lipinski definition) is 7. The Morgan fingerprint density at radius 1 is 0.816 bits per heavy atom. The second-order valence-corrected chi connectivity index (χ2v) is 12.7. The van der Waals surface area contributed by atoms with Crippen LogP contribution < -0.4 is 19.5 Å². The minimum atomic E-state index is -3.96. The number of carbonyl (C=O) groups excluding carboxylic acids is 2. The Hall–Kier alpha value is -5.75. The largest absolute Gasteiger partial charge is 0.497 e. The summed E-state index contributed by atoms with van der Waals surface area (Å²) >= 11 is 0. The van der Waals surface area contributed by atoms with E-state index in [9.17, 15) is 22.4 Å². The molecule has 10 nitrogen and oxygen atoms in total. The van der Waals surface area contributed by atoms with E-state index in [4.69, 9.17) is 9.47 Å². The molecule has 0 aliphatic carbocycles. The summed E-state index contributed by atoms with van der Waals surface area (Å²) < 4.78 is 52.4. The lowest BCUT2D eigenvalue weighted by atomic mass is 10.0. The molecular formula is C37H35FN4O6S. The van der Waals surface area contributed by atoms with Crippen molar-refractivity contribution < 1.29 is 31.9 Å². The van der Waals surface area contributed by atoms with Gasteiger partial charge < -0.3 is 19.7 Å². The number of nitrogens with one attached hydrogen (secondary N) is 2. The molecule has 1 aromatic heterocycles. The van der Waals surface area contributed by atoms with E-state index in [-0.39, 0.29) is 41.7 Å². The third kappa shape index (κ3) is 9.88. The highest BCUT2D eigenvalue weighted by molar-refractivity contribution is 7.92. The van der Waals surface area contributed by atoms with Crippen molar-refractivity contribution in [2.75, 3.05) is 18.4 Å². The first-order chi connectivity index (χ1) is 23.7. The lowest BCUT2D eigenvalue weighted by Gasteiger charge is -2.31. The SMILES string of the molecule is COc1ccc(CN(C(=O)COc2ccc(S(=O)(=O)Nc3ccc(F)cc3)cc2)[C@H](Cc2ccccc2)C(=O)NCc2cccnc2)cc1. The Morgan fingerprint density at radius 3 is 2.14 bits per heavy atom. The predicted molar refractivity (Wildman–Crippen MR) is 183 cm³/mol. The molecule has 5 aromatic rings. The van der Waals surface area contributed by atoms with Gasteiger partial charge in [0.15, 0.2) is 6.61 Å². The standard InChI is InChI=1S/C37H35FN4O6S/c1-47-32-15-9-28(10-16-32)25-42(35(22-27-6-3-2-4-7-27)37(44)40-24-29-8-5-21-39-23-29)36(43)26-48-33-17-19-34(20-18-33)49(45,46)41-31-13-11-30(38)12-14-31/h2-21,23,35,41H,22,24-26H2,1H3,(H,40,44)/t35-/m1/s1. The van der Waals surface area contributed by atoms with Crippen LogP contribution in [0.25, 0.3) is 0 Å². The molecule has 0 fully saturated rings. The maximum atomic E-state index is 14.0. The maximum Gasteiger partial charge on any atom is 0.261 e. The van der Waals surface area contributed by atoms with Crippen LogP contribution in [0.4, 0.5) is 10.1 Å². The molecular weight excluding hydrogens is 647 g/mol. The number of halogens is 1. The maximum absolute atomic E-state index is 14.0. The molecule has 2 N–H and O–H groups in total. The minimum Gasteiger partial charge on any atom is -0.497 e. The van der Waals surface area contributed by atoms with Crippen LogP contribution in [0, 0.1) is 5.82 Å². The molecule has 12 heteroatoms. The van der Waals surface area contributed by atoms with Gasteiger partial charge in [-0.15, -0.1) is 0 Å². The van der Waals surface area contributed by atoms with Crippen LogP contribution in [-0.4, -0.2) is 49.9 Å². The summed E-state index contributed by atoms with van der Waals surface area (Å²) in [6, 6.07) is 29.8. The third-order valence-electron chi connectivity index (χ3n) is 7.57. The summed E-state index contributed by atoms with van der Waals surface area (Å²) in [5, 5.41) is 2.96. The number of amides is 2. The van der Waals surface area contributed by atoms with Crippen molar-refractivity contribution in [1.29, 1.82) is 0 Å². The van der Waals surface area contributed by atoms with Gasteiger partial charge in [0.25, 0.3) is 15.9 Å². The summed E-state index contributed by atoms with van der Waals surface area (Å²) in [5.74, 6) is -0.392. The lowest BCUT2D eigenvalue weighted by Crippen LogP contribution is -2.51. The van der Waals surface area contributed by atoms with Crippen molar-refractivity contribution in [2.45, 2.75) is 30.4 Å². The van der Waals surface area contributed by atoms with Crippen molar-refractivity contribution in [2.24, 2.45) is 0 Å². The quantitative estimate of drug-likeness (QED) is 0.152. The average Bonchev–Trinajstić information content (AvgIpc) is 3.13. The van der Waals surface area contributed by atoms with Gasteiger partial charge in [0.2, 0.25) is 5.91 Å². The Labute approximate surface area is 284 Å². The Morgan fingerprint density at radius 2 is 1.49 bits per heavy atom. The molecule has 0 radical (unpaired) electrons. The topological polar surface area (TPSA) is 127 Å². The molecule has 0 aliphatic rings. The van der Waals surface area contributed by atoms with E-state index in [1.807, 2.05) is 48.5 Å².